The molecule has 1 aromatic rings. The first-order valence-corrected chi connectivity index (χ1v) is 5.46. The molecule has 1 aromatic heterocycles. The summed E-state index contributed by atoms with van der Waals surface area (Å²) in [5.41, 5.74) is 4.39. The number of nitrogens with zero attached hydrogens (tertiary/aromatic N) is 3. The summed E-state index contributed by atoms with van der Waals surface area (Å²) in [5, 5.41) is 9.35. The second-order valence-electron chi connectivity index (χ2n) is 4.08. The van der Waals surface area contributed by atoms with Gasteiger partial charge in [0.15, 0.2) is 0 Å². The third kappa shape index (κ3) is 2.91. The molecular weight excluding hydrogens is 220 g/mol. The van der Waals surface area contributed by atoms with Gasteiger partial charge in [-0.15, -0.1) is 0 Å². The van der Waals surface area contributed by atoms with Gasteiger partial charge in [-0.3, -0.25) is 0 Å². The summed E-state index contributed by atoms with van der Waals surface area (Å²) in [6.45, 7) is 2.12. The Morgan fingerprint density at radius 3 is 2.59 bits per heavy atom. The van der Waals surface area contributed by atoms with Crippen LogP contribution in [0.4, 0.5) is 5.95 Å². The molecule has 1 atom stereocenters. The van der Waals surface area contributed by atoms with E-state index in [1.807, 2.05) is 0 Å². The molecular formula is C11H18N4O2. The average molecular weight is 238 g/mol. The zero-order chi connectivity index (χ0) is 12.9. The zero-order valence-corrected chi connectivity index (χ0v) is 10.1. The Labute approximate surface area is 100 Å². The molecule has 0 saturated heterocycles. The van der Waals surface area contributed by atoms with Crippen LogP contribution in [0.15, 0.2) is 18.5 Å². The van der Waals surface area contributed by atoms with Crippen LogP contribution in [-0.4, -0.2) is 40.2 Å². The number of hydrogen-bond acceptors (Lipinski definition) is 5. The lowest BCUT2D eigenvalue weighted by atomic mass is 9.94. The monoisotopic (exact) mass is 238 g/mol. The Balaban J connectivity index is 2.95. The van der Waals surface area contributed by atoms with Crippen LogP contribution < -0.4 is 10.6 Å². The van der Waals surface area contributed by atoms with Gasteiger partial charge in [0.05, 0.1) is 0 Å². The predicted octanol–water partition coefficient (Wildman–Crippen LogP) is 0.495. The van der Waals surface area contributed by atoms with Crippen LogP contribution in [0.2, 0.25) is 0 Å². The van der Waals surface area contributed by atoms with E-state index in [0.717, 1.165) is 0 Å². The number of likely N-dealkylation sites (N-methyl/N-ethyl adjacent to an activating group) is 1. The maximum Gasteiger partial charge on any atom is 0.329 e. The Hall–Kier alpha value is -1.69. The van der Waals surface area contributed by atoms with Gasteiger partial charge in [0.25, 0.3) is 0 Å². The number of carboxylic acids is 1. The molecule has 0 aliphatic rings. The van der Waals surface area contributed by atoms with Gasteiger partial charge < -0.3 is 15.7 Å². The van der Waals surface area contributed by atoms with Gasteiger partial charge in [0.2, 0.25) is 5.95 Å². The smallest absolute Gasteiger partial charge is 0.329 e. The molecule has 6 heteroatoms. The fourth-order valence-electron chi connectivity index (χ4n) is 1.55. The Morgan fingerprint density at radius 1 is 1.53 bits per heavy atom. The molecule has 0 aliphatic carbocycles. The van der Waals surface area contributed by atoms with E-state index >= 15 is 0 Å². The van der Waals surface area contributed by atoms with Crippen molar-refractivity contribution in [2.45, 2.75) is 25.3 Å². The lowest BCUT2D eigenvalue weighted by molar-refractivity contribution is -0.143. The first-order chi connectivity index (χ1) is 8.02. The third-order valence-electron chi connectivity index (χ3n) is 2.92. The van der Waals surface area contributed by atoms with Crippen molar-refractivity contribution in [2.24, 2.45) is 5.73 Å². The third-order valence-corrected chi connectivity index (χ3v) is 2.92. The van der Waals surface area contributed by atoms with Crippen molar-refractivity contribution in [3.63, 3.8) is 0 Å². The van der Waals surface area contributed by atoms with Gasteiger partial charge >= 0.3 is 5.97 Å². The fraction of sp³-hybridized carbons (Fsp3) is 0.545. The number of anilines is 1. The van der Waals surface area contributed by atoms with Crippen molar-refractivity contribution in [1.29, 1.82) is 0 Å². The molecule has 0 bridgehead atoms. The Bertz CT molecular complexity index is 371. The second kappa shape index (κ2) is 5.58. The number of carboxylic acid groups (broad SMARTS) is 1. The van der Waals surface area contributed by atoms with Gasteiger partial charge in [0.1, 0.15) is 5.54 Å². The minimum atomic E-state index is -1.04. The van der Waals surface area contributed by atoms with Gasteiger partial charge in [-0.25, -0.2) is 14.8 Å². The van der Waals surface area contributed by atoms with E-state index < -0.39 is 11.5 Å². The lowest BCUT2D eigenvalue weighted by Gasteiger charge is -2.35. The van der Waals surface area contributed by atoms with E-state index in [0.29, 0.717) is 25.3 Å². The van der Waals surface area contributed by atoms with Gasteiger partial charge in [-0.05, 0) is 32.4 Å². The van der Waals surface area contributed by atoms with Gasteiger partial charge in [-0.2, -0.15) is 0 Å². The normalized spacial score (nSPS) is 14.1. The topological polar surface area (TPSA) is 92.3 Å². The number of nitrogens with two attached hydrogens (primary N) is 1. The van der Waals surface area contributed by atoms with Crippen LogP contribution >= 0.6 is 0 Å². The predicted molar refractivity (Wildman–Crippen MR) is 64.8 cm³/mol. The molecule has 0 fully saturated rings. The number of aliphatic carboxylic acids is 1. The highest BCUT2D eigenvalue weighted by atomic mass is 16.4. The van der Waals surface area contributed by atoms with Crippen molar-refractivity contribution in [1.82, 2.24) is 9.97 Å². The van der Waals surface area contributed by atoms with Crippen LogP contribution in [0, 0.1) is 0 Å². The van der Waals surface area contributed by atoms with Crippen LogP contribution in [0.3, 0.4) is 0 Å². The number of rotatable bonds is 6. The number of hydrogen-bond donors (Lipinski definition) is 2. The van der Waals surface area contributed by atoms with Crippen molar-refractivity contribution in [3.05, 3.63) is 18.5 Å². The zero-order valence-electron chi connectivity index (χ0n) is 10.1. The summed E-state index contributed by atoms with van der Waals surface area (Å²) >= 11 is 0. The highest BCUT2D eigenvalue weighted by molar-refractivity contribution is 5.82. The van der Waals surface area contributed by atoms with Crippen molar-refractivity contribution in [2.75, 3.05) is 18.5 Å². The van der Waals surface area contributed by atoms with Crippen molar-refractivity contribution < 1.29 is 9.90 Å². The van der Waals surface area contributed by atoms with E-state index in [2.05, 4.69) is 9.97 Å². The maximum atomic E-state index is 11.4. The first kappa shape index (κ1) is 13.4. The summed E-state index contributed by atoms with van der Waals surface area (Å²) in [7, 11) is 1.68. The quantitative estimate of drug-likeness (QED) is 0.749. The molecule has 94 valence electrons. The van der Waals surface area contributed by atoms with Crippen LogP contribution in [0.5, 0.6) is 0 Å². The maximum absolute atomic E-state index is 11.4. The van der Waals surface area contributed by atoms with Crippen LogP contribution in [0.25, 0.3) is 0 Å². The molecule has 0 aromatic carbocycles. The number of carbonyl (C=O) groups is 1. The molecule has 0 radical (unpaired) electrons. The Kier molecular flexibility index (Phi) is 4.39. The van der Waals surface area contributed by atoms with Crippen LogP contribution in [0.1, 0.15) is 19.8 Å². The summed E-state index contributed by atoms with van der Waals surface area (Å²) in [4.78, 5) is 21.1. The van der Waals surface area contributed by atoms with Crippen molar-refractivity contribution in [3.8, 4) is 0 Å². The van der Waals surface area contributed by atoms with Crippen molar-refractivity contribution >= 4 is 11.9 Å². The van der Waals surface area contributed by atoms with Gasteiger partial charge in [-0.1, -0.05) is 0 Å². The van der Waals surface area contributed by atoms with Gasteiger partial charge in [0, 0.05) is 19.4 Å². The van der Waals surface area contributed by atoms with E-state index in [1.54, 1.807) is 37.3 Å². The minimum absolute atomic E-state index is 0.398. The lowest BCUT2D eigenvalue weighted by Crippen LogP contribution is -2.51. The molecule has 0 saturated carbocycles. The van der Waals surface area contributed by atoms with E-state index in [-0.39, 0.29) is 0 Å². The summed E-state index contributed by atoms with van der Waals surface area (Å²) < 4.78 is 0. The molecule has 0 spiro atoms. The second-order valence-corrected chi connectivity index (χ2v) is 4.08. The van der Waals surface area contributed by atoms with Crippen LogP contribution in [-0.2, 0) is 4.79 Å². The molecule has 3 N–H and O–H groups in total. The first-order valence-electron chi connectivity index (χ1n) is 5.46. The average Bonchev–Trinajstić information content (AvgIpc) is 2.35. The molecule has 0 aliphatic heterocycles. The molecule has 1 unspecified atom stereocenters. The SMILES string of the molecule is CN(c1ncccn1)C(C)(CCCN)C(=O)O. The molecule has 6 nitrogen and oxygen atoms in total. The molecule has 17 heavy (non-hydrogen) atoms. The van der Waals surface area contributed by atoms with E-state index in [9.17, 15) is 9.90 Å². The standard InChI is InChI=1S/C11H18N4O2/c1-11(9(16)17,5-3-6-12)15(2)10-13-7-4-8-14-10/h4,7-8H,3,5-6,12H2,1-2H3,(H,16,17). The molecule has 0 amide bonds. The molecule has 1 heterocycles. The Morgan fingerprint density at radius 2 is 2.12 bits per heavy atom. The number of aromatic nitrogens is 2. The largest absolute Gasteiger partial charge is 0.480 e. The molecule has 1 rings (SSSR count). The fourth-order valence-corrected chi connectivity index (χ4v) is 1.55. The van der Waals surface area contributed by atoms with E-state index in [4.69, 9.17) is 5.73 Å². The summed E-state index contributed by atoms with van der Waals surface area (Å²) in [5.74, 6) is -0.504. The van der Waals surface area contributed by atoms with E-state index in [1.165, 1.54) is 0 Å². The highest BCUT2D eigenvalue weighted by Gasteiger charge is 2.38. The summed E-state index contributed by atoms with van der Waals surface area (Å²) in [6.07, 6.45) is 4.27. The summed E-state index contributed by atoms with van der Waals surface area (Å²) in [6, 6.07) is 1.69. The minimum Gasteiger partial charge on any atom is -0.480 e. The highest BCUT2D eigenvalue weighted by Crippen LogP contribution is 2.23.